The van der Waals surface area contributed by atoms with Gasteiger partial charge in [0.05, 0.1) is 0 Å². The second kappa shape index (κ2) is 9.03. The fourth-order valence-corrected chi connectivity index (χ4v) is 35.5. The van der Waals surface area contributed by atoms with E-state index in [2.05, 4.69) is 178 Å². The molecular weight excluding hydrogens is 803 g/mol. The molecule has 4 aromatic rings. The molecule has 0 aliphatic heterocycles. The van der Waals surface area contributed by atoms with Gasteiger partial charge in [0, 0.05) is 0 Å². The van der Waals surface area contributed by atoms with Crippen molar-refractivity contribution in [2.75, 3.05) is 0 Å². The number of hydrogen-bond donors (Lipinski definition) is 1. The molecule has 0 bridgehead atoms. The van der Waals surface area contributed by atoms with Gasteiger partial charge in [-0.3, -0.25) is 0 Å². The van der Waals surface area contributed by atoms with Crippen molar-refractivity contribution in [2.45, 2.75) is 6.25 Å². The predicted molar refractivity (Wildman–Crippen MR) is 168 cm³/mol. The monoisotopic (exact) mass is 819 g/mol. The molecule has 0 heterocycles. The van der Waals surface area contributed by atoms with E-state index in [1.54, 1.807) is 0 Å². The Bertz CT molecular complexity index is 1440. The van der Waals surface area contributed by atoms with Crippen LogP contribution >= 0.6 is 65.7 Å². The molecule has 0 N–H and O–H groups in total. The third-order valence-electron chi connectivity index (χ3n) is 7.71. The standard InChI is InChI=1S/2C15H10Br.2BrH.H2S.Zr/c2*16-14-8-4-7-12-9-10-13(15(12)14)11-5-2-1-3-6-11;;;;/h2*1-10H;2*1H;1H2;/q;;;;;+3/p-3. The van der Waals surface area contributed by atoms with Crippen LogP contribution in [0, 0.1) is 0 Å². The van der Waals surface area contributed by atoms with Crippen molar-refractivity contribution < 1.29 is 12.6 Å². The van der Waals surface area contributed by atoms with Crippen LogP contribution in [0.4, 0.5) is 0 Å². The molecule has 2 aliphatic rings. The van der Waals surface area contributed by atoms with Gasteiger partial charge >= 0.3 is 248 Å². The zero-order chi connectivity index (χ0) is 25.2. The minimum atomic E-state index is -4.91. The Kier molecular flexibility index (Phi) is 6.47. The van der Waals surface area contributed by atoms with Gasteiger partial charge in [0.15, 0.2) is 0 Å². The molecule has 6 heteroatoms. The molecule has 2 unspecified atom stereocenters. The van der Waals surface area contributed by atoms with Crippen LogP contribution in [0.3, 0.4) is 0 Å². The molecular formula is C30H21Br4SZr. The second-order valence-electron chi connectivity index (χ2n) is 9.39. The number of thiol groups is 1. The molecule has 2 atom stereocenters. The van der Waals surface area contributed by atoms with E-state index in [4.69, 9.17) is 9.39 Å². The fraction of sp³-hybridized carbons (Fsp3) is 0.0667. The molecule has 4 aromatic carbocycles. The van der Waals surface area contributed by atoms with Gasteiger partial charge in [-0.05, 0) is 0 Å². The third-order valence-corrected chi connectivity index (χ3v) is 38.1. The van der Waals surface area contributed by atoms with Crippen molar-refractivity contribution in [3.05, 3.63) is 152 Å². The molecule has 0 spiro atoms. The number of fused-ring (bicyclic) bond motifs is 2. The fourth-order valence-electron chi connectivity index (χ4n) is 6.18. The van der Waals surface area contributed by atoms with Gasteiger partial charge in [-0.15, -0.1) is 0 Å². The number of rotatable bonds is 4. The number of halogens is 4. The van der Waals surface area contributed by atoms with Gasteiger partial charge in [-0.25, -0.2) is 0 Å². The SMILES string of the molecule is [SH][Zr]([Br])([Br])([C]1(c2ccccc2)C=Cc2cccc(Br)c21)[C]1(c2ccccc2)C=Cc2cccc(Br)c21. The van der Waals surface area contributed by atoms with Crippen LogP contribution in [0.2, 0.25) is 0 Å². The van der Waals surface area contributed by atoms with Crippen molar-refractivity contribution >= 4 is 77.8 Å². The van der Waals surface area contributed by atoms with Gasteiger partial charge in [0.1, 0.15) is 0 Å². The first-order valence-electron chi connectivity index (χ1n) is 11.6. The quantitative estimate of drug-likeness (QED) is 0.195. The Labute approximate surface area is 245 Å². The van der Waals surface area contributed by atoms with Gasteiger partial charge in [0.25, 0.3) is 0 Å². The maximum atomic E-state index is 5.97. The summed E-state index contributed by atoms with van der Waals surface area (Å²) in [5.41, 5.74) is 7.33. The molecule has 179 valence electrons. The van der Waals surface area contributed by atoms with Crippen molar-refractivity contribution in [1.29, 1.82) is 0 Å². The molecule has 2 aliphatic carbocycles. The zero-order valence-electron chi connectivity index (χ0n) is 19.0. The van der Waals surface area contributed by atoms with E-state index in [1.165, 1.54) is 33.4 Å². The van der Waals surface area contributed by atoms with Crippen molar-refractivity contribution in [3.8, 4) is 0 Å². The molecule has 0 aromatic heterocycles. The Morgan fingerprint density at radius 2 is 0.917 bits per heavy atom. The average molecular weight is 824 g/mol. The molecule has 0 nitrogen and oxygen atoms in total. The molecule has 0 fully saturated rings. The van der Waals surface area contributed by atoms with E-state index >= 15 is 0 Å². The van der Waals surface area contributed by atoms with Crippen molar-refractivity contribution in [2.24, 2.45) is 0 Å². The van der Waals surface area contributed by atoms with E-state index in [0.29, 0.717) is 0 Å². The molecule has 36 heavy (non-hydrogen) atoms. The number of benzene rings is 4. The summed E-state index contributed by atoms with van der Waals surface area (Å²) >= 11 is 12.2. The summed E-state index contributed by atoms with van der Waals surface area (Å²) in [6.07, 6.45) is 9.29. The predicted octanol–water partition coefficient (Wildman–Crippen LogP) is 10.6. The van der Waals surface area contributed by atoms with Crippen LogP contribution in [0.1, 0.15) is 33.4 Å². The van der Waals surface area contributed by atoms with Crippen LogP contribution < -0.4 is 0 Å². The van der Waals surface area contributed by atoms with E-state index < -0.39 is 18.9 Å². The Balaban J connectivity index is 1.82. The van der Waals surface area contributed by atoms with Crippen LogP contribution in [0.5, 0.6) is 0 Å². The molecule has 0 radical (unpaired) electrons. The van der Waals surface area contributed by atoms with E-state index in [1.807, 2.05) is 0 Å². The molecule has 0 amide bonds. The minimum absolute atomic E-state index is 0.530. The second-order valence-corrected chi connectivity index (χ2v) is 57.3. The molecule has 6 rings (SSSR count). The Morgan fingerprint density at radius 3 is 1.31 bits per heavy atom. The van der Waals surface area contributed by atoms with E-state index in [0.717, 1.165) is 8.95 Å². The van der Waals surface area contributed by atoms with Crippen LogP contribution in [-0.4, -0.2) is 0 Å². The Morgan fingerprint density at radius 1 is 0.528 bits per heavy atom. The first-order chi connectivity index (χ1) is 17.2. The maximum absolute atomic E-state index is 5.97. The summed E-state index contributed by atoms with van der Waals surface area (Å²) in [6.45, 7) is 0. The topological polar surface area (TPSA) is 0 Å². The Hall–Kier alpha value is -0.487. The van der Waals surface area contributed by atoms with Crippen molar-refractivity contribution in [1.82, 2.24) is 0 Å². The van der Waals surface area contributed by atoms with Crippen LogP contribution in [0.25, 0.3) is 12.2 Å². The van der Waals surface area contributed by atoms with Gasteiger partial charge in [-0.2, -0.15) is 0 Å². The third kappa shape index (κ3) is 3.31. The normalized spacial score (nSPS) is 23.2. The summed E-state index contributed by atoms with van der Waals surface area (Å²) in [5.74, 6) is 0. The zero-order valence-corrected chi connectivity index (χ0v) is 28.7. The average Bonchev–Trinajstić information content (AvgIpc) is 3.48. The summed E-state index contributed by atoms with van der Waals surface area (Å²) in [7, 11) is 5.97. The summed E-state index contributed by atoms with van der Waals surface area (Å²) < 4.78 is 1.11. The van der Waals surface area contributed by atoms with Crippen LogP contribution in [0.15, 0.2) is 118 Å². The van der Waals surface area contributed by atoms with Gasteiger partial charge < -0.3 is 0 Å². The summed E-state index contributed by atoms with van der Waals surface area (Å²) in [5, 5.41) is 0. The van der Waals surface area contributed by atoms with E-state index in [9.17, 15) is 0 Å². The number of allylic oxidation sites excluding steroid dienone is 2. The number of hydrogen-bond acceptors (Lipinski definition) is 1. The summed E-state index contributed by atoms with van der Waals surface area (Å²) in [4.78, 5) is 0. The van der Waals surface area contributed by atoms with Crippen LogP contribution in [-0.2, 0) is 18.9 Å². The first kappa shape index (κ1) is 25.8. The molecule has 0 saturated heterocycles. The van der Waals surface area contributed by atoms with E-state index in [-0.39, 0.29) is 0 Å². The summed E-state index contributed by atoms with van der Waals surface area (Å²) in [6, 6.07) is 34.5. The van der Waals surface area contributed by atoms with Crippen molar-refractivity contribution in [3.63, 3.8) is 0 Å². The molecule has 0 saturated carbocycles. The first-order valence-corrected chi connectivity index (χ1v) is 30.6. The van der Waals surface area contributed by atoms with Gasteiger partial charge in [-0.1, -0.05) is 0 Å². The van der Waals surface area contributed by atoms with Gasteiger partial charge in [0.2, 0.25) is 0 Å².